The van der Waals surface area contributed by atoms with Crippen molar-refractivity contribution in [1.29, 1.82) is 0 Å². The van der Waals surface area contributed by atoms with E-state index in [0.717, 1.165) is 16.6 Å². The molecule has 7 nitrogen and oxygen atoms in total. The van der Waals surface area contributed by atoms with Crippen molar-refractivity contribution < 1.29 is 14.3 Å². The number of aliphatic hydroxyl groups excluding tert-OH is 1. The summed E-state index contributed by atoms with van der Waals surface area (Å²) in [5, 5.41) is 13.0. The number of β-amino-alcohol motifs (C(OH)–C–C–N with tert-alkyl or cyclic N) is 1. The molecular weight excluding hydrogens is 356 g/mol. The maximum absolute atomic E-state index is 12.6. The van der Waals surface area contributed by atoms with E-state index in [1.807, 2.05) is 56.3 Å². The summed E-state index contributed by atoms with van der Waals surface area (Å²) < 4.78 is 5.90. The van der Waals surface area contributed by atoms with Crippen molar-refractivity contribution in [2.75, 3.05) is 32.5 Å². The molecule has 4 rings (SSSR count). The number of anilines is 1. The molecule has 3 aromatic rings. The van der Waals surface area contributed by atoms with Crippen molar-refractivity contribution in [3.05, 3.63) is 48.0 Å². The second-order valence-electron chi connectivity index (χ2n) is 7.50. The molecule has 0 bridgehead atoms. The lowest BCUT2D eigenvalue weighted by Crippen LogP contribution is -2.38. The number of nitrogens with one attached hydrogen (secondary N) is 1. The molecular formula is C21H24N4O3. The maximum Gasteiger partial charge on any atom is 0.321 e. The Balaban J connectivity index is 1.51. The number of likely N-dealkylation sites (tertiary alicyclic amines) is 1. The van der Waals surface area contributed by atoms with Gasteiger partial charge in [-0.05, 0) is 45.3 Å². The molecule has 1 fully saturated rings. The molecule has 0 spiro atoms. The first-order valence-electron chi connectivity index (χ1n) is 9.29. The van der Waals surface area contributed by atoms with Crippen LogP contribution in [0.25, 0.3) is 22.6 Å². The summed E-state index contributed by atoms with van der Waals surface area (Å²) >= 11 is 0. The first-order valence-corrected chi connectivity index (χ1v) is 9.29. The zero-order chi connectivity index (χ0) is 19.8. The Morgan fingerprint density at radius 1 is 1.25 bits per heavy atom. The molecule has 2 aromatic carbocycles. The number of likely N-dealkylation sites (N-methyl/N-ethyl adjacent to an activating group) is 1. The Labute approximate surface area is 163 Å². The standard InChI is InChI=1S/C21H24N4O3/c1-13-5-4-6-14(9-13)20-23-16-8-7-15(10-19(16)28-20)22-21(27)25-11-17(24(2)3)18(26)12-25/h4-10,17-18,26H,11-12H2,1-3H3,(H,22,27)/t17-,18-/m0/s1. The van der Waals surface area contributed by atoms with Gasteiger partial charge < -0.3 is 24.6 Å². The van der Waals surface area contributed by atoms with E-state index >= 15 is 0 Å². The number of aryl methyl sites for hydroxylation is 1. The van der Waals surface area contributed by atoms with Crippen molar-refractivity contribution in [3.8, 4) is 11.5 Å². The third kappa shape index (κ3) is 3.58. The van der Waals surface area contributed by atoms with Crippen LogP contribution in [0.2, 0.25) is 0 Å². The lowest BCUT2D eigenvalue weighted by Gasteiger charge is -2.21. The third-order valence-electron chi connectivity index (χ3n) is 5.11. The number of carbonyl (C=O) groups is 1. The lowest BCUT2D eigenvalue weighted by molar-refractivity contribution is 0.113. The van der Waals surface area contributed by atoms with E-state index in [1.54, 1.807) is 17.0 Å². The van der Waals surface area contributed by atoms with Crippen molar-refractivity contribution in [3.63, 3.8) is 0 Å². The number of aromatic nitrogens is 1. The second kappa shape index (κ2) is 7.26. The van der Waals surface area contributed by atoms with E-state index in [2.05, 4.69) is 10.3 Å². The van der Waals surface area contributed by atoms with E-state index in [4.69, 9.17) is 4.42 Å². The Kier molecular flexibility index (Phi) is 4.78. The number of urea groups is 1. The first kappa shape index (κ1) is 18.5. The lowest BCUT2D eigenvalue weighted by atomic mass is 10.1. The zero-order valence-corrected chi connectivity index (χ0v) is 16.2. The largest absolute Gasteiger partial charge is 0.436 e. The number of hydrogen-bond acceptors (Lipinski definition) is 5. The van der Waals surface area contributed by atoms with Gasteiger partial charge in [0.05, 0.1) is 18.7 Å². The van der Waals surface area contributed by atoms with Crippen molar-refractivity contribution in [2.45, 2.75) is 19.1 Å². The maximum atomic E-state index is 12.6. The number of carbonyl (C=O) groups excluding carboxylic acids is 1. The molecule has 1 aromatic heterocycles. The van der Waals surface area contributed by atoms with Crippen LogP contribution >= 0.6 is 0 Å². The van der Waals surface area contributed by atoms with E-state index in [9.17, 15) is 9.90 Å². The van der Waals surface area contributed by atoms with Gasteiger partial charge in [0.25, 0.3) is 0 Å². The van der Waals surface area contributed by atoms with Crippen molar-refractivity contribution in [1.82, 2.24) is 14.8 Å². The summed E-state index contributed by atoms with van der Waals surface area (Å²) in [6.45, 7) is 2.83. The number of amides is 2. The van der Waals surface area contributed by atoms with Crippen LogP contribution in [0.15, 0.2) is 46.9 Å². The summed E-state index contributed by atoms with van der Waals surface area (Å²) in [7, 11) is 3.80. The molecule has 2 N–H and O–H groups in total. The summed E-state index contributed by atoms with van der Waals surface area (Å²) in [4.78, 5) is 20.7. The Bertz CT molecular complexity index is 1010. The average Bonchev–Trinajstić information content (AvgIpc) is 3.25. The van der Waals surface area contributed by atoms with Crippen LogP contribution in [0.3, 0.4) is 0 Å². The number of nitrogens with zero attached hydrogens (tertiary/aromatic N) is 3. The molecule has 28 heavy (non-hydrogen) atoms. The third-order valence-corrected chi connectivity index (χ3v) is 5.11. The number of benzene rings is 2. The molecule has 1 aliphatic rings. The van der Waals surface area contributed by atoms with E-state index in [-0.39, 0.29) is 12.1 Å². The van der Waals surface area contributed by atoms with Crippen LogP contribution in [-0.4, -0.2) is 65.3 Å². The Morgan fingerprint density at radius 2 is 2.07 bits per heavy atom. The molecule has 1 aliphatic heterocycles. The summed E-state index contributed by atoms with van der Waals surface area (Å²) in [5.74, 6) is 0.554. The fourth-order valence-electron chi connectivity index (χ4n) is 3.55. The topological polar surface area (TPSA) is 81.8 Å². The smallest absolute Gasteiger partial charge is 0.321 e. The van der Waals surface area contributed by atoms with E-state index in [0.29, 0.717) is 30.3 Å². The second-order valence-corrected chi connectivity index (χ2v) is 7.50. The highest BCUT2D eigenvalue weighted by atomic mass is 16.3. The van der Waals surface area contributed by atoms with Gasteiger partial charge in [-0.25, -0.2) is 9.78 Å². The number of hydrogen-bond donors (Lipinski definition) is 2. The predicted molar refractivity (Wildman–Crippen MR) is 108 cm³/mol. The predicted octanol–water partition coefficient (Wildman–Crippen LogP) is 2.94. The van der Waals surface area contributed by atoms with Crippen LogP contribution in [0.1, 0.15) is 5.56 Å². The Morgan fingerprint density at radius 3 is 2.79 bits per heavy atom. The molecule has 0 unspecified atom stereocenters. The number of rotatable bonds is 3. The molecule has 0 radical (unpaired) electrons. The Hall–Kier alpha value is -2.90. The van der Waals surface area contributed by atoms with Crippen LogP contribution < -0.4 is 5.32 Å². The minimum Gasteiger partial charge on any atom is -0.436 e. The normalized spacial score (nSPS) is 19.5. The summed E-state index contributed by atoms with van der Waals surface area (Å²) in [5.41, 5.74) is 4.03. The minimum absolute atomic E-state index is 0.0561. The quantitative estimate of drug-likeness (QED) is 0.730. The van der Waals surface area contributed by atoms with Gasteiger partial charge in [0.2, 0.25) is 5.89 Å². The van der Waals surface area contributed by atoms with Crippen LogP contribution in [0, 0.1) is 6.92 Å². The number of aliphatic hydroxyl groups is 1. The summed E-state index contributed by atoms with van der Waals surface area (Å²) in [6, 6.07) is 13.1. The van der Waals surface area contributed by atoms with Gasteiger partial charge in [-0.1, -0.05) is 17.7 Å². The zero-order valence-electron chi connectivity index (χ0n) is 16.2. The van der Waals surface area contributed by atoms with Gasteiger partial charge in [0, 0.05) is 23.9 Å². The monoisotopic (exact) mass is 380 g/mol. The molecule has 1 saturated heterocycles. The molecule has 2 amide bonds. The molecule has 146 valence electrons. The highest BCUT2D eigenvalue weighted by molar-refractivity contribution is 5.92. The highest BCUT2D eigenvalue weighted by Crippen LogP contribution is 2.27. The van der Waals surface area contributed by atoms with E-state index < -0.39 is 6.10 Å². The minimum atomic E-state index is -0.547. The van der Waals surface area contributed by atoms with Crippen LogP contribution in [-0.2, 0) is 0 Å². The van der Waals surface area contributed by atoms with Crippen LogP contribution in [0.5, 0.6) is 0 Å². The van der Waals surface area contributed by atoms with Gasteiger partial charge in [0.15, 0.2) is 5.58 Å². The van der Waals surface area contributed by atoms with Crippen molar-refractivity contribution >= 4 is 22.8 Å². The highest BCUT2D eigenvalue weighted by Gasteiger charge is 2.35. The van der Waals surface area contributed by atoms with Gasteiger partial charge in [-0.3, -0.25) is 0 Å². The summed E-state index contributed by atoms with van der Waals surface area (Å²) in [6.07, 6.45) is -0.547. The van der Waals surface area contributed by atoms with Gasteiger partial charge in [-0.2, -0.15) is 0 Å². The van der Waals surface area contributed by atoms with Crippen molar-refractivity contribution in [2.24, 2.45) is 0 Å². The van der Waals surface area contributed by atoms with Gasteiger partial charge >= 0.3 is 6.03 Å². The van der Waals surface area contributed by atoms with Gasteiger partial charge in [-0.15, -0.1) is 0 Å². The molecule has 0 aliphatic carbocycles. The molecule has 0 saturated carbocycles. The molecule has 7 heteroatoms. The van der Waals surface area contributed by atoms with E-state index in [1.165, 1.54) is 0 Å². The fraction of sp³-hybridized carbons (Fsp3) is 0.333. The van der Waals surface area contributed by atoms with Crippen LogP contribution in [0.4, 0.5) is 10.5 Å². The number of fused-ring (bicyclic) bond motifs is 1. The number of oxazole rings is 1. The SMILES string of the molecule is Cc1cccc(-c2nc3ccc(NC(=O)N4C[C@H](O)[C@@H](N(C)C)C4)cc3o2)c1. The molecule has 2 heterocycles. The van der Waals surface area contributed by atoms with Gasteiger partial charge in [0.1, 0.15) is 5.52 Å². The fourth-order valence-corrected chi connectivity index (χ4v) is 3.55. The first-order chi connectivity index (χ1) is 13.4. The average molecular weight is 380 g/mol. The molecule has 2 atom stereocenters.